The highest BCUT2D eigenvalue weighted by Gasteiger charge is 2.23. The maximum atomic E-state index is 9.03. The molecule has 0 atom stereocenters. The Bertz CT molecular complexity index is 420. The lowest BCUT2D eigenvalue weighted by Crippen LogP contribution is -2.14. The first kappa shape index (κ1) is 12.8. The molecule has 0 aliphatic heterocycles. The molecule has 0 aromatic carbocycles. The third-order valence-corrected chi connectivity index (χ3v) is 3.19. The summed E-state index contributed by atoms with van der Waals surface area (Å²) in [6.45, 7) is 5.82. The number of hydrogen-bond donors (Lipinski definition) is 1. The standard InChI is InChI=1S/C13H16N2S/c1-4-16-8-10-5-6-11(7-12(10)15)13(2,3)9-14/h5-8,15H,4H2,1-3H3/b10-8+,15-12?. The van der Waals surface area contributed by atoms with Gasteiger partial charge in [-0.05, 0) is 36.7 Å². The van der Waals surface area contributed by atoms with E-state index in [4.69, 9.17) is 10.7 Å². The van der Waals surface area contributed by atoms with Crippen molar-refractivity contribution in [3.05, 3.63) is 34.8 Å². The van der Waals surface area contributed by atoms with Gasteiger partial charge in [0.2, 0.25) is 0 Å². The smallest absolute Gasteiger partial charge is 0.0767 e. The molecule has 1 rings (SSSR count). The van der Waals surface area contributed by atoms with Crippen molar-refractivity contribution in [2.45, 2.75) is 20.8 Å². The molecule has 1 aliphatic carbocycles. The second kappa shape index (κ2) is 5.18. The monoisotopic (exact) mass is 232 g/mol. The minimum absolute atomic E-state index is 0.488. The predicted molar refractivity (Wildman–Crippen MR) is 70.6 cm³/mol. The van der Waals surface area contributed by atoms with Crippen LogP contribution in [0.2, 0.25) is 0 Å². The number of thioether (sulfide) groups is 1. The van der Waals surface area contributed by atoms with Crippen LogP contribution in [0.3, 0.4) is 0 Å². The van der Waals surface area contributed by atoms with Crippen LogP contribution in [-0.4, -0.2) is 11.5 Å². The van der Waals surface area contributed by atoms with E-state index < -0.39 is 5.41 Å². The lowest BCUT2D eigenvalue weighted by molar-refractivity contribution is 0.613. The second-order valence-electron chi connectivity index (χ2n) is 4.11. The Hall–Kier alpha value is -1.27. The summed E-state index contributed by atoms with van der Waals surface area (Å²) >= 11 is 1.68. The van der Waals surface area contributed by atoms with Gasteiger partial charge in [-0.1, -0.05) is 19.1 Å². The number of rotatable bonds is 3. The van der Waals surface area contributed by atoms with E-state index in [0.717, 1.165) is 16.9 Å². The molecule has 0 saturated heterocycles. The Labute approximate surface area is 101 Å². The maximum Gasteiger partial charge on any atom is 0.0767 e. The molecule has 0 radical (unpaired) electrons. The summed E-state index contributed by atoms with van der Waals surface area (Å²) in [5, 5.41) is 18.9. The Morgan fingerprint density at radius 2 is 2.19 bits per heavy atom. The molecule has 0 saturated carbocycles. The zero-order chi connectivity index (χ0) is 12.2. The van der Waals surface area contributed by atoms with Gasteiger partial charge in [-0.3, -0.25) is 0 Å². The van der Waals surface area contributed by atoms with Gasteiger partial charge in [0.05, 0.1) is 17.2 Å². The molecule has 0 heterocycles. The SMILES string of the molecule is CCS/C=C1\C=CC(C(C)(C)C#N)=CC1=N. The predicted octanol–water partition coefficient (Wildman–Crippen LogP) is 3.69. The van der Waals surface area contributed by atoms with Gasteiger partial charge < -0.3 is 5.41 Å². The Morgan fingerprint density at radius 3 is 2.69 bits per heavy atom. The van der Waals surface area contributed by atoms with Gasteiger partial charge in [0.25, 0.3) is 0 Å². The fraction of sp³-hybridized carbons (Fsp3) is 0.385. The highest BCUT2D eigenvalue weighted by Crippen LogP contribution is 2.30. The summed E-state index contributed by atoms with van der Waals surface area (Å²) in [4.78, 5) is 0. The van der Waals surface area contributed by atoms with Crippen LogP contribution in [0.1, 0.15) is 20.8 Å². The third-order valence-electron chi connectivity index (χ3n) is 2.43. The van der Waals surface area contributed by atoms with Crippen LogP contribution < -0.4 is 0 Å². The normalized spacial score (nSPS) is 18.5. The van der Waals surface area contributed by atoms with Crippen molar-refractivity contribution in [2.24, 2.45) is 5.41 Å². The lowest BCUT2D eigenvalue weighted by Gasteiger charge is -2.20. The van der Waals surface area contributed by atoms with Crippen LogP contribution in [0, 0.1) is 22.2 Å². The summed E-state index contributed by atoms with van der Waals surface area (Å²) in [6.07, 6.45) is 5.63. The minimum Gasteiger partial charge on any atom is -0.300 e. The molecule has 16 heavy (non-hydrogen) atoms. The van der Waals surface area contributed by atoms with Gasteiger partial charge >= 0.3 is 0 Å². The fourth-order valence-corrected chi connectivity index (χ4v) is 1.84. The molecule has 1 N–H and O–H groups in total. The molecule has 2 nitrogen and oxygen atoms in total. The van der Waals surface area contributed by atoms with E-state index >= 15 is 0 Å². The molecule has 0 bridgehead atoms. The Kier molecular flexibility index (Phi) is 4.14. The van der Waals surface area contributed by atoms with Crippen molar-refractivity contribution in [2.75, 3.05) is 5.75 Å². The van der Waals surface area contributed by atoms with Crippen molar-refractivity contribution in [3.63, 3.8) is 0 Å². The van der Waals surface area contributed by atoms with Crippen molar-refractivity contribution >= 4 is 17.5 Å². The summed E-state index contributed by atoms with van der Waals surface area (Å²) in [6, 6.07) is 2.25. The summed E-state index contributed by atoms with van der Waals surface area (Å²) in [7, 11) is 0. The number of nitriles is 1. The van der Waals surface area contributed by atoms with Crippen molar-refractivity contribution < 1.29 is 0 Å². The zero-order valence-corrected chi connectivity index (χ0v) is 10.7. The van der Waals surface area contributed by atoms with Crippen LogP contribution in [0.4, 0.5) is 0 Å². The van der Waals surface area contributed by atoms with Crippen molar-refractivity contribution in [3.8, 4) is 6.07 Å². The number of nitrogens with one attached hydrogen (secondary N) is 1. The van der Waals surface area contributed by atoms with E-state index in [2.05, 4.69) is 13.0 Å². The molecule has 0 fully saturated rings. The minimum atomic E-state index is -0.522. The average molecular weight is 232 g/mol. The number of allylic oxidation sites excluding steroid dienone is 5. The molecule has 3 heteroatoms. The van der Waals surface area contributed by atoms with Crippen LogP contribution in [0.25, 0.3) is 0 Å². The van der Waals surface area contributed by atoms with E-state index in [-0.39, 0.29) is 0 Å². The quantitative estimate of drug-likeness (QED) is 0.806. The Balaban J connectivity index is 2.92. The Morgan fingerprint density at radius 1 is 1.50 bits per heavy atom. The van der Waals surface area contributed by atoms with E-state index in [0.29, 0.717) is 5.71 Å². The van der Waals surface area contributed by atoms with E-state index in [1.165, 1.54) is 0 Å². The first-order chi connectivity index (χ1) is 7.51. The average Bonchev–Trinajstić information content (AvgIpc) is 2.27. The van der Waals surface area contributed by atoms with E-state index in [9.17, 15) is 0 Å². The molecule has 84 valence electrons. The second-order valence-corrected chi connectivity index (χ2v) is 5.26. The third kappa shape index (κ3) is 2.86. The molecular formula is C13H16N2S. The molecule has 0 unspecified atom stereocenters. The summed E-state index contributed by atoms with van der Waals surface area (Å²) in [5.74, 6) is 1.00. The first-order valence-corrected chi connectivity index (χ1v) is 6.28. The van der Waals surface area contributed by atoms with Crippen molar-refractivity contribution in [1.82, 2.24) is 0 Å². The summed E-state index contributed by atoms with van der Waals surface area (Å²) in [5.41, 5.74) is 1.79. The zero-order valence-electron chi connectivity index (χ0n) is 9.87. The van der Waals surface area contributed by atoms with E-state index in [1.54, 1.807) is 17.8 Å². The fourth-order valence-electron chi connectivity index (χ4n) is 1.29. The van der Waals surface area contributed by atoms with Gasteiger partial charge in [0.15, 0.2) is 0 Å². The van der Waals surface area contributed by atoms with Gasteiger partial charge in [0.1, 0.15) is 0 Å². The molecular weight excluding hydrogens is 216 g/mol. The van der Waals surface area contributed by atoms with Crippen molar-refractivity contribution in [1.29, 1.82) is 10.7 Å². The molecule has 0 amide bonds. The number of hydrogen-bond acceptors (Lipinski definition) is 3. The van der Waals surface area contributed by atoms with E-state index in [1.807, 2.05) is 31.4 Å². The van der Waals surface area contributed by atoms with Crippen LogP contribution >= 0.6 is 11.8 Å². The first-order valence-electron chi connectivity index (χ1n) is 5.23. The van der Waals surface area contributed by atoms with Gasteiger partial charge in [-0.25, -0.2) is 0 Å². The van der Waals surface area contributed by atoms with Gasteiger partial charge in [-0.15, -0.1) is 11.8 Å². The maximum absolute atomic E-state index is 9.03. The van der Waals surface area contributed by atoms with Gasteiger partial charge in [0, 0.05) is 5.57 Å². The highest BCUT2D eigenvalue weighted by molar-refractivity contribution is 8.02. The molecule has 1 aliphatic rings. The van der Waals surface area contributed by atoms with Crippen LogP contribution in [0.5, 0.6) is 0 Å². The summed E-state index contributed by atoms with van der Waals surface area (Å²) < 4.78 is 0. The van der Waals surface area contributed by atoms with Gasteiger partial charge in [-0.2, -0.15) is 5.26 Å². The molecule has 0 aromatic rings. The molecule has 0 spiro atoms. The lowest BCUT2D eigenvalue weighted by atomic mass is 9.82. The number of nitrogens with zero attached hydrogens (tertiary/aromatic N) is 1. The topological polar surface area (TPSA) is 47.6 Å². The largest absolute Gasteiger partial charge is 0.300 e. The molecule has 0 aromatic heterocycles. The van der Waals surface area contributed by atoms with Crippen LogP contribution in [0.15, 0.2) is 34.8 Å². The highest BCUT2D eigenvalue weighted by atomic mass is 32.2. The van der Waals surface area contributed by atoms with Crippen LogP contribution in [-0.2, 0) is 0 Å².